The smallest absolute Gasteiger partial charge is 0.258 e. The zero-order valence-corrected chi connectivity index (χ0v) is 15.0. The number of amides is 1. The topological polar surface area (TPSA) is 82.9 Å². The molecular weight excluding hydrogens is 404 g/mol. The predicted octanol–water partition coefficient (Wildman–Crippen LogP) is 3.22. The van der Waals surface area contributed by atoms with Crippen molar-refractivity contribution in [2.24, 2.45) is 15.9 Å². The number of aliphatic imine (C=N–C) groups is 2. The molecule has 10 heteroatoms. The van der Waals surface area contributed by atoms with Gasteiger partial charge in [0.05, 0.1) is 22.7 Å². The molecule has 0 spiro atoms. The van der Waals surface area contributed by atoms with E-state index in [1.807, 2.05) is 5.32 Å². The van der Waals surface area contributed by atoms with Crippen molar-refractivity contribution in [1.82, 2.24) is 5.32 Å². The highest BCUT2D eigenvalue weighted by molar-refractivity contribution is 6.13. The Hall–Kier alpha value is -3.82. The average Bonchev–Trinajstić information content (AvgIpc) is 3.16. The van der Waals surface area contributed by atoms with Gasteiger partial charge in [0, 0.05) is 24.1 Å². The Kier molecular flexibility index (Phi) is 4.90. The van der Waals surface area contributed by atoms with E-state index < -0.39 is 63.9 Å². The molecule has 2 atom stereocenters. The number of nitrogens with zero attached hydrogens (tertiary/aromatic N) is 2. The monoisotopic (exact) mass is 416 g/mol. The largest absolute Gasteiger partial charge is 0.369 e. The molecule has 0 aromatic heterocycles. The molecule has 2 aliphatic heterocycles. The number of Topliss-reactive ketones (excluding diaryl/α,β-unsaturated/α-hetero) is 1. The number of fused-ring (bicyclic) bond motifs is 1. The van der Waals surface area contributed by atoms with Crippen LogP contribution in [0.3, 0.4) is 0 Å². The number of hydrogen-bond acceptors (Lipinski definition) is 5. The number of carbonyl (C=O) groups excluding carboxylic acids is 2. The van der Waals surface area contributed by atoms with Crippen LogP contribution in [-0.2, 0) is 0 Å². The molecule has 2 unspecified atom stereocenters. The second-order valence-corrected chi connectivity index (χ2v) is 6.47. The molecule has 6 nitrogen and oxygen atoms in total. The minimum absolute atomic E-state index is 0.0737. The molecule has 152 valence electrons. The Balaban J connectivity index is 1.70. The van der Waals surface area contributed by atoms with E-state index in [1.54, 1.807) is 0 Å². The molecule has 0 bridgehead atoms. The number of rotatable bonds is 4. The summed E-state index contributed by atoms with van der Waals surface area (Å²) < 4.78 is 57.2. The van der Waals surface area contributed by atoms with Crippen LogP contribution in [0.2, 0.25) is 0 Å². The molecule has 2 aliphatic rings. The highest BCUT2D eigenvalue weighted by atomic mass is 19.2. The zero-order chi connectivity index (χ0) is 21.4. The third kappa shape index (κ3) is 3.25. The van der Waals surface area contributed by atoms with Gasteiger partial charge in [-0.3, -0.25) is 9.59 Å². The van der Waals surface area contributed by atoms with Gasteiger partial charge in [0.25, 0.3) is 5.91 Å². The van der Waals surface area contributed by atoms with Crippen LogP contribution >= 0.6 is 0 Å². The van der Waals surface area contributed by atoms with Crippen molar-refractivity contribution < 1.29 is 27.2 Å². The van der Waals surface area contributed by atoms with Crippen molar-refractivity contribution in [3.63, 3.8) is 0 Å². The molecule has 0 fully saturated rings. The summed E-state index contributed by atoms with van der Waals surface area (Å²) in [6.07, 6.45) is 3.29. The maximum Gasteiger partial charge on any atom is 0.258 e. The lowest BCUT2D eigenvalue weighted by atomic mass is 9.92. The van der Waals surface area contributed by atoms with Crippen LogP contribution in [-0.4, -0.2) is 30.4 Å². The third-order valence-electron chi connectivity index (χ3n) is 4.66. The van der Waals surface area contributed by atoms with Crippen LogP contribution in [0, 0.1) is 29.2 Å². The average molecular weight is 416 g/mol. The van der Waals surface area contributed by atoms with Crippen molar-refractivity contribution in [2.75, 3.05) is 5.32 Å². The summed E-state index contributed by atoms with van der Waals surface area (Å²) in [5.41, 5.74) is -2.49. The molecule has 4 rings (SSSR count). The third-order valence-corrected chi connectivity index (χ3v) is 4.66. The Morgan fingerprint density at radius 1 is 1.03 bits per heavy atom. The second kappa shape index (κ2) is 7.54. The van der Waals surface area contributed by atoms with Crippen LogP contribution in [0.5, 0.6) is 0 Å². The van der Waals surface area contributed by atoms with E-state index in [4.69, 9.17) is 0 Å². The molecule has 2 N–H and O–H groups in total. The summed E-state index contributed by atoms with van der Waals surface area (Å²) in [5, 5.41) is 4.75. The normalized spacial score (nSPS) is 19.1. The van der Waals surface area contributed by atoms with E-state index in [0.717, 1.165) is 12.1 Å². The molecule has 0 saturated heterocycles. The number of halogens is 4. The molecule has 30 heavy (non-hydrogen) atoms. The fourth-order valence-electron chi connectivity index (χ4n) is 3.17. The summed E-state index contributed by atoms with van der Waals surface area (Å²) in [5.74, 6) is -8.55. The Bertz CT molecular complexity index is 1160. The van der Waals surface area contributed by atoms with E-state index >= 15 is 0 Å². The number of anilines is 1. The minimum Gasteiger partial charge on any atom is -0.369 e. The first-order valence-electron chi connectivity index (χ1n) is 8.67. The van der Waals surface area contributed by atoms with Crippen LogP contribution in [0.4, 0.5) is 23.2 Å². The quantitative estimate of drug-likeness (QED) is 0.456. The van der Waals surface area contributed by atoms with Gasteiger partial charge in [0.1, 0.15) is 18.3 Å². The zero-order valence-electron chi connectivity index (χ0n) is 15.0. The number of carbonyl (C=O) groups is 2. The number of ketones is 1. The fourth-order valence-corrected chi connectivity index (χ4v) is 3.17. The van der Waals surface area contributed by atoms with Gasteiger partial charge in [-0.25, -0.2) is 27.5 Å². The van der Waals surface area contributed by atoms with Crippen LogP contribution in [0.25, 0.3) is 0 Å². The number of hydrogen-bond donors (Lipinski definition) is 2. The van der Waals surface area contributed by atoms with Gasteiger partial charge in [-0.15, -0.1) is 0 Å². The first kappa shape index (κ1) is 19.5. The van der Waals surface area contributed by atoms with Gasteiger partial charge in [-0.2, -0.15) is 0 Å². The van der Waals surface area contributed by atoms with Crippen molar-refractivity contribution in [1.29, 1.82) is 0 Å². The summed E-state index contributed by atoms with van der Waals surface area (Å²) in [7, 11) is 0. The van der Waals surface area contributed by atoms with E-state index in [2.05, 4.69) is 15.3 Å². The van der Waals surface area contributed by atoms with E-state index in [9.17, 15) is 27.2 Å². The number of nitrogens with one attached hydrogen (secondary N) is 2. The SMILES string of the molecule is O=C(Nc1cc(F)c(F)c(C(=O)C2=CNC3N=CN=CC23)c1F)c1ccccc1F. The maximum atomic E-state index is 15.0. The molecule has 0 aliphatic carbocycles. The molecule has 2 aromatic carbocycles. The Morgan fingerprint density at radius 3 is 2.57 bits per heavy atom. The molecule has 2 aromatic rings. The highest BCUT2D eigenvalue weighted by Gasteiger charge is 2.37. The van der Waals surface area contributed by atoms with E-state index in [-0.39, 0.29) is 5.57 Å². The summed E-state index contributed by atoms with van der Waals surface area (Å²) >= 11 is 0. The van der Waals surface area contributed by atoms with Gasteiger partial charge >= 0.3 is 0 Å². The van der Waals surface area contributed by atoms with Crippen molar-refractivity contribution >= 4 is 29.9 Å². The standard InChI is InChI=1S/C20H12F4N4O2/c21-12-4-2-1-3-9(12)20(30)28-14-5-13(22)16(23)15(17(14)24)18(29)10-7-26-19-11(10)6-25-8-27-19/h1-8,11,19,26H,(H,28,30). The van der Waals surface area contributed by atoms with Crippen LogP contribution < -0.4 is 10.6 Å². The first-order valence-corrected chi connectivity index (χ1v) is 8.67. The maximum absolute atomic E-state index is 15.0. The Morgan fingerprint density at radius 2 is 1.80 bits per heavy atom. The van der Waals surface area contributed by atoms with Gasteiger partial charge < -0.3 is 10.6 Å². The van der Waals surface area contributed by atoms with Crippen LogP contribution in [0.15, 0.2) is 52.1 Å². The van der Waals surface area contributed by atoms with Crippen molar-refractivity contribution in [3.8, 4) is 0 Å². The predicted molar refractivity (Wildman–Crippen MR) is 100 cm³/mol. The van der Waals surface area contributed by atoms with Gasteiger partial charge in [0.2, 0.25) is 0 Å². The van der Waals surface area contributed by atoms with Gasteiger partial charge in [-0.1, -0.05) is 12.1 Å². The molecule has 0 saturated carbocycles. The fraction of sp³-hybridized carbons (Fsp3) is 0.100. The first-order chi connectivity index (χ1) is 14.4. The molecule has 1 amide bonds. The minimum atomic E-state index is -1.71. The molecule has 2 heterocycles. The lowest BCUT2D eigenvalue weighted by Crippen LogP contribution is -2.30. The molecule has 0 radical (unpaired) electrons. The lowest BCUT2D eigenvalue weighted by Gasteiger charge is -2.17. The van der Waals surface area contributed by atoms with Gasteiger partial charge in [-0.05, 0) is 12.1 Å². The summed E-state index contributed by atoms with van der Waals surface area (Å²) in [6.45, 7) is 0. The van der Waals surface area contributed by atoms with Crippen molar-refractivity contribution in [3.05, 3.63) is 76.5 Å². The summed E-state index contributed by atoms with van der Waals surface area (Å²) in [6, 6.07) is 5.24. The second-order valence-electron chi connectivity index (χ2n) is 6.47. The highest BCUT2D eigenvalue weighted by Crippen LogP contribution is 2.31. The van der Waals surface area contributed by atoms with E-state index in [1.165, 1.54) is 30.9 Å². The molecular formula is C20H12F4N4O2. The van der Waals surface area contributed by atoms with E-state index in [0.29, 0.717) is 6.07 Å². The van der Waals surface area contributed by atoms with Crippen molar-refractivity contribution in [2.45, 2.75) is 6.17 Å². The number of benzene rings is 2. The lowest BCUT2D eigenvalue weighted by molar-refractivity contribution is 0.100. The van der Waals surface area contributed by atoms with Gasteiger partial charge in [0.15, 0.2) is 23.2 Å². The summed E-state index contributed by atoms with van der Waals surface area (Å²) in [4.78, 5) is 32.8. The Labute approximate surface area is 167 Å². The van der Waals surface area contributed by atoms with Crippen LogP contribution in [0.1, 0.15) is 20.7 Å².